The minimum Gasteiger partial charge on any atom is -0.497 e. The lowest BCUT2D eigenvalue weighted by Gasteiger charge is -2.50. The highest BCUT2D eigenvalue weighted by atomic mass is 35.5. The van der Waals surface area contributed by atoms with E-state index in [4.69, 9.17) is 40.0 Å². The Morgan fingerprint density at radius 1 is 1.07 bits per heavy atom. The summed E-state index contributed by atoms with van der Waals surface area (Å²) in [6.07, 6.45) is -0.0489. The Balaban J connectivity index is 1.20. The summed E-state index contributed by atoms with van der Waals surface area (Å²) in [5.41, 5.74) is 1.25. The molecule has 6 atom stereocenters. The number of hydrogen-bond donors (Lipinski definition) is 0. The first-order chi connectivity index (χ1) is 27.7. The minimum absolute atomic E-state index is 0.0666. The number of thiazole rings is 1. The number of aromatic nitrogens is 2. The Labute approximate surface area is 340 Å². The summed E-state index contributed by atoms with van der Waals surface area (Å²) in [4.78, 5) is 8.88. The van der Waals surface area contributed by atoms with Crippen LogP contribution in [0.25, 0.3) is 5.70 Å². The second-order valence-electron chi connectivity index (χ2n) is 12.8. The van der Waals surface area contributed by atoms with E-state index in [1.165, 1.54) is 17.5 Å². The van der Waals surface area contributed by atoms with Crippen molar-refractivity contribution in [2.45, 2.75) is 54.2 Å². The molecule has 57 heavy (non-hydrogen) atoms. The van der Waals surface area contributed by atoms with Crippen molar-refractivity contribution in [2.75, 3.05) is 20.8 Å². The zero-order chi connectivity index (χ0) is 39.9. The van der Waals surface area contributed by atoms with Crippen LogP contribution >= 0.6 is 34.7 Å². The highest BCUT2D eigenvalue weighted by Crippen LogP contribution is 2.43. The molecule has 0 bridgehead atoms. The third-order valence-electron chi connectivity index (χ3n) is 9.01. The summed E-state index contributed by atoms with van der Waals surface area (Å²) in [6, 6.07) is 21.6. The first-order valence-electron chi connectivity index (χ1n) is 17.5. The molecule has 3 aromatic carbocycles. The van der Waals surface area contributed by atoms with Crippen molar-refractivity contribution in [3.8, 4) is 17.6 Å². The van der Waals surface area contributed by atoms with E-state index in [-0.39, 0.29) is 31.1 Å². The summed E-state index contributed by atoms with van der Waals surface area (Å²) >= 11 is 8.85. The lowest BCUT2D eigenvalue weighted by Crippen LogP contribution is -2.65. The molecular formula is C40H35ClF2N6O6S2. The van der Waals surface area contributed by atoms with Crippen molar-refractivity contribution in [2.24, 2.45) is 10.3 Å². The summed E-state index contributed by atoms with van der Waals surface area (Å²) < 4.78 is 67.8. The van der Waals surface area contributed by atoms with Gasteiger partial charge in [-0.05, 0) is 41.5 Å². The number of benzene rings is 3. The standard InChI is InChI=1S/C40H35ClF2N6O6S2/c1-23(38-45-13-14-56-38)47-48-49(2)34-36-32(22-53-39(55-36)26-7-5-4-6-8-26)54-40(57-33-17-27(41)19-46-31(33)18-44)37(34)52-21-25-15-29(42)35(30(43)16-25)51-20-24-9-11-28(50-3)12-10-24/h4-17,19,32,34,36-37,39-40H,1,20-22H2,2-3H3/b48-47-/t32?,34?,36-,37?,39?,40+/m0/s1. The monoisotopic (exact) mass is 832 g/mol. The summed E-state index contributed by atoms with van der Waals surface area (Å²) in [7, 11) is 3.25. The molecule has 4 heterocycles. The number of fused-ring (bicyclic) bond motifs is 1. The number of hydrogen-bond acceptors (Lipinski definition) is 13. The van der Waals surface area contributed by atoms with Crippen molar-refractivity contribution in [1.29, 1.82) is 5.26 Å². The zero-order valence-electron chi connectivity index (χ0n) is 30.5. The van der Waals surface area contributed by atoms with E-state index in [1.54, 1.807) is 61.1 Å². The molecular weight excluding hydrogens is 798 g/mol. The van der Waals surface area contributed by atoms with E-state index in [9.17, 15) is 5.26 Å². The lowest BCUT2D eigenvalue weighted by atomic mass is 9.95. The van der Waals surface area contributed by atoms with Gasteiger partial charge in [-0.2, -0.15) is 5.26 Å². The molecule has 17 heteroatoms. The van der Waals surface area contributed by atoms with E-state index < -0.39 is 53.5 Å². The Morgan fingerprint density at radius 3 is 2.54 bits per heavy atom. The number of rotatable bonds is 14. The Hall–Kier alpha value is -4.99. The van der Waals surface area contributed by atoms with Gasteiger partial charge in [0.15, 0.2) is 29.4 Å². The van der Waals surface area contributed by atoms with E-state index in [0.717, 1.165) is 29.5 Å². The molecule has 0 amide bonds. The second kappa shape index (κ2) is 18.5. The number of likely N-dealkylation sites (N-methyl/N-ethyl adjacent to an activating group) is 1. The molecule has 4 unspecified atom stereocenters. The Kier molecular flexibility index (Phi) is 13.1. The van der Waals surface area contributed by atoms with E-state index >= 15 is 8.78 Å². The maximum Gasteiger partial charge on any atom is 0.191 e. The van der Waals surface area contributed by atoms with Crippen LogP contribution in [0.15, 0.2) is 112 Å². The van der Waals surface area contributed by atoms with Gasteiger partial charge in [0.05, 0.1) is 25.3 Å². The molecule has 294 valence electrons. The van der Waals surface area contributed by atoms with Gasteiger partial charge in [0.1, 0.15) is 58.9 Å². The SMILES string of the molecule is C=C(/N=N\N(C)C1C(OCc2cc(F)c(OCc3ccc(OC)cc3)c(F)c2)[C@@H](Sc2cc(Cl)cnc2C#N)OC2COC(c3ccccc3)O[C@@H]21)c1nccs1. The van der Waals surface area contributed by atoms with Crippen molar-refractivity contribution in [3.63, 3.8) is 0 Å². The fourth-order valence-electron chi connectivity index (χ4n) is 6.26. The number of thioether (sulfide) groups is 1. The van der Waals surface area contributed by atoms with Crippen LogP contribution in [-0.2, 0) is 32.2 Å². The van der Waals surface area contributed by atoms with Gasteiger partial charge in [0.25, 0.3) is 0 Å². The van der Waals surface area contributed by atoms with Crippen LogP contribution in [-0.4, -0.2) is 65.5 Å². The second-order valence-corrected chi connectivity index (χ2v) is 15.3. The van der Waals surface area contributed by atoms with Gasteiger partial charge in [0.2, 0.25) is 0 Å². The van der Waals surface area contributed by atoms with Crippen LogP contribution in [0.1, 0.15) is 33.7 Å². The fourth-order valence-corrected chi connectivity index (χ4v) is 8.26. The van der Waals surface area contributed by atoms with Gasteiger partial charge in [-0.15, -0.1) is 16.5 Å². The fraction of sp³-hybridized carbons (Fsp3) is 0.275. The van der Waals surface area contributed by atoms with E-state index in [1.807, 2.05) is 30.3 Å². The molecule has 0 spiro atoms. The zero-order valence-corrected chi connectivity index (χ0v) is 32.9. The van der Waals surface area contributed by atoms with Crippen LogP contribution in [0, 0.1) is 23.0 Å². The molecule has 7 rings (SSSR count). The maximum atomic E-state index is 15.5. The lowest BCUT2D eigenvalue weighted by molar-refractivity contribution is -0.313. The van der Waals surface area contributed by atoms with Gasteiger partial charge >= 0.3 is 0 Å². The molecule has 0 saturated carbocycles. The first kappa shape index (κ1) is 40.2. The van der Waals surface area contributed by atoms with Gasteiger partial charge in [0, 0.05) is 35.3 Å². The van der Waals surface area contributed by atoms with Crippen molar-refractivity contribution < 1.29 is 37.2 Å². The molecule has 12 nitrogen and oxygen atoms in total. The van der Waals surface area contributed by atoms with Gasteiger partial charge in [-0.25, -0.2) is 18.7 Å². The van der Waals surface area contributed by atoms with Crippen molar-refractivity contribution in [1.82, 2.24) is 15.0 Å². The maximum absolute atomic E-state index is 15.5. The average Bonchev–Trinajstić information content (AvgIpc) is 3.78. The highest BCUT2D eigenvalue weighted by Gasteiger charge is 2.53. The molecule has 2 saturated heterocycles. The van der Waals surface area contributed by atoms with E-state index in [2.05, 4.69) is 33.0 Å². The van der Waals surface area contributed by atoms with Crippen molar-refractivity contribution >= 4 is 40.4 Å². The highest BCUT2D eigenvalue weighted by molar-refractivity contribution is 7.99. The molecule has 0 radical (unpaired) electrons. The van der Waals surface area contributed by atoms with Gasteiger partial charge in [-0.3, -0.25) is 5.01 Å². The largest absolute Gasteiger partial charge is 0.497 e. The number of pyridine rings is 1. The van der Waals surface area contributed by atoms with Crippen LogP contribution < -0.4 is 9.47 Å². The number of nitrogens with zero attached hydrogens (tertiary/aromatic N) is 6. The summed E-state index contributed by atoms with van der Waals surface area (Å²) in [5, 5.41) is 23.1. The Morgan fingerprint density at radius 2 is 1.84 bits per heavy atom. The number of methoxy groups -OCH3 is 1. The molecule has 2 aromatic heterocycles. The first-order valence-corrected chi connectivity index (χ1v) is 19.6. The van der Waals surface area contributed by atoms with Gasteiger partial charge < -0.3 is 28.4 Å². The number of nitriles is 1. The van der Waals surface area contributed by atoms with Crippen LogP contribution in [0.3, 0.4) is 0 Å². The molecule has 0 N–H and O–H groups in total. The molecule has 0 aliphatic carbocycles. The smallest absolute Gasteiger partial charge is 0.191 e. The van der Waals surface area contributed by atoms with Crippen LogP contribution in [0.4, 0.5) is 8.78 Å². The Bertz CT molecular complexity index is 2210. The predicted octanol–water partition coefficient (Wildman–Crippen LogP) is 8.78. The molecule has 5 aromatic rings. The molecule has 2 fully saturated rings. The predicted molar refractivity (Wildman–Crippen MR) is 208 cm³/mol. The van der Waals surface area contributed by atoms with Crippen LogP contribution in [0.2, 0.25) is 5.02 Å². The molecule has 2 aliphatic rings. The number of ether oxygens (including phenoxy) is 6. The normalized spacial score (nSPS) is 21.8. The summed E-state index contributed by atoms with van der Waals surface area (Å²) in [5.74, 6) is -1.69. The third kappa shape index (κ3) is 9.59. The third-order valence-corrected chi connectivity index (χ3v) is 11.2. The number of halogens is 3. The quantitative estimate of drug-likeness (QED) is 0.0786. The molecule has 2 aliphatic heterocycles. The minimum atomic E-state index is -0.939. The summed E-state index contributed by atoms with van der Waals surface area (Å²) in [6.45, 7) is 3.82. The topological polar surface area (TPSA) is 133 Å². The van der Waals surface area contributed by atoms with Gasteiger partial charge in [-0.1, -0.05) is 77.6 Å². The van der Waals surface area contributed by atoms with E-state index in [0.29, 0.717) is 31.9 Å². The average molecular weight is 833 g/mol. The van der Waals surface area contributed by atoms with Crippen molar-refractivity contribution in [3.05, 3.63) is 141 Å². The van der Waals surface area contributed by atoms with Crippen LogP contribution in [0.5, 0.6) is 11.5 Å².